The number of nitrogens with zero attached hydrogens (tertiary/aromatic N) is 1. The van der Waals surface area contributed by atoms with Crippen LogP contribution in [0.1, 0.15) is 13.3 Å². The lowest BCUT2D eigenvalue weighted by molar-refractivity contribution is -0.120. The van der Waals surface area contributed by atoms with E-state index in [9.17, 15) is 9.90 Å². The van der Waals surface area contributed by atoms with Gasteiger partial charge in [0.05, 0.1) is 12.1 Å². The molecule has 1 saturated heterocycles. The third-order valence-electron chi connectivity index (χ3n) is 3.53. The number of nitrogens with one attached hydrogen (secondary N) is 1. The predicted molar refractivity (Wildman–Crippen MR) is 84.2 cm³/mol. The van der Waals surface area contributed by atoms with E-state index in [-0.39, 0.29) is 5.91 Å². The van der Waals surface area contributed by atoms with Gasteiger partial charge in [-0.25, -0.2) is 0 Å². The van der Waals surface area contributed by atoms with Crippen molar-refractivity contribution < 1.29 is 9.90 Å². The Kier molecular flexibility index (Phi) is 5.31. The first kappa shape index (κ1) is 15.2. The number of amides is 1. The second kappa shape index (κ2) is 6.99. The average Bonchev–Trinajstić information content (AvgIpc) is 2.91. The van der Waals surface area contributed by atoms with Crippen molar-refractivity contribution in [3.63, 3.8) is 0 Å². The number of rotatable bonds is 6. The van der Waals surface area contributed by atoms with Crippen molar-refractivity contribution in [1.82, 2.24) is 5.32 Å². The molecule has 1 unspecified atom stereocenters. The van der Waals surface area contributed by atoms with Crippen molar-refractivity contribution >= 4 is 23.4 Å². The van der Waals surface area contributed by atoms with Gasteiger partial charge in [0, 0.05) is 24.5 Å². The Morgan fingerprint density at radius 3 is 2.80 bits per heavy atom. The van der Waals surface area contributed by atoms with Crippen LogP contribution >= 0.6 is 11.8 Å². The van der Waals surface area contributed by atoms with Gasteiger partial charge in [0.15, 0.2) is 0 Å². The Morgan fingerprint density at radius 2 is 2.20 bits per heavy atom. The monoisotopic (exact) mass is 294 g/mol. The first-order valence-electron chi connectivity index (χ1n) is 7.00. The van der Waals surface area contributed by atoms with Crippen molar-refractivity contribution in [2.24, 2.45) is 0 Å². The molecule has 110 valence electrons. The third kappa shape index (κ3) is 4.15. The molecule has 0 aliphatic carbocycles. The molecule has 1 fully saturated rings. The highest BCUT2D eigenvalue weighted by Gasteiger charge is 2.31. The van der Waals surface area contributed by atoms with Gasteiger partial charge >= 0.3 is 0 Å². The van der Waals surface area contributed by atoms with E-state index in [1.165, 1.54) is 0 Å². The molecular weight excluding hydrogens is 272 g/mol. The van der Waals surface area contributed by atoms with E-state index in [4.69, 9.17) is 0 Å². The van der Waals surface area contributed by atoms with Crippen LogP contribution in [0.4, 0.5) is 5.69 Å². The zero-order valence-corrected chi connectivity index (χ0v) is 12.7. The molecule has 1 atom stereocenters. The van der Waals surface area contributed by atoms with Crippen LogP contribution in [0.5, 0.6) is 0 Å². The maximum atomic E-state index is 12.0. The van der Waals surface area contributed by atoms with Crippen LogP contribution in [0.2, 0.25) is 0 Å². The Labute approximate surface area is 124 Å². The molecule has 4 nitrogen and oxygen atoms in total. The molecule has 2 rings (SSSR count). The Bertz CT molecular complexity index is 433. The molecule has 0 aromatic heterocycles. The number of aliphatic hydroxyl groups is 1. The minimum Gasteiger partial charge on any atom is -0.387 e. The van der Waals surface area contributed by atoms with E-state index < -0.39 is 5.60 Å². The van der Waals surface area contributed by atoms with Gasteiger partial charge in [0.25, 0.3) is 0 Å². The third-order valence-corrected chi connectivity index (χ3v) is 4.77. The molecular formula is C15H22N2O2S. The predicted octanol–water partition coefficient (Wildman–Crippen LogP) is 1.50. The fourth-order valence-corrected chi connectivity index (χ4v) is 3.55. The van der Waals surface area contributed by atoms with Gasteiger partial charge in [0.1, 0.15) is 0 Å². The van der Waals surface area contributed by atoms with Crippen LogP contribution < -0.4 is 10.2 Å². The molecule has 1 aromatic rings. The van der Waals surface area contributed by atoms with E-state index in [1.54, 1.807) is 11.8 Å². The quantitative estimate of drug-likeness (QED) is 0.835. The highest BCUT2D eigenvalue weighted by molar-refractivity contribution is 7.99. The standard InChI is InChI=1S/C15H22N2O2S/c1-2-17(13-6-4-3-5-7-13)10-14(18)16-11-15(19)8-9-20-12-15/h3-7,19H,2,8-12H2,1H3,(H,16,18). The van der Waals surface area contributed by atoms with E-state index in [0.717, 1.165) is 24.4 Å². The second-order valence-corrected chi connectivity index (χ2v) is 6.26. The summed E-state index contributed by atoms with van der Waals surface area (Å²) >= 11 is 1.74. The summed E-state index contributed by atoms with van der Waals surface area (Å²) in [7, 11) is 0. The average molecular weight is 294 g/mol. The molecule has 1 aliphatic heterocycles. The number of anilines is 1. The van der Waals surface area contributed by atoms with E-state index in [1.807, 2.05) is 42.2 Å². The number of benzene rings is 1. The van der Waals surface area contributed by atoms with Gasteiger partial charge in [0.2, 0.25) is 5.91 Å². The molecule has 0 radical (unpaired) electrons. The lowest BCUT2D eigenvalue weighted by Gasteiger charge is -2.25. The van der Waals surface area contributed by atoms with Gasteiger partial charge < -0.3 is 15.3 Å². The van der Waals surface area contributed by atoms with E-state index in [0.29, 0.717) is 18.8 Å². The largest absolute Gasteiger partial charge is 0.387 e. The van der Waals surface area contributed by atoms with Crippen molar-refractivity contribution in [2.45, 2.75) is 18.9 Å². The fourth-order valence-electron chi connectivity index (χ4n) is 2.25. The summed E-state index contributed by atoms with van der Waals surface area (Å²) in [4.78, 5) is 14.0. The van der Waals surface area contributed by atoms with Gasteiger partial charge in [-0.3, -0.25) is 4.79 Å². The van der Waals surface area contributed by atoms with Crippen molar-refractivity contribution in [3.05, 3.63) is 30.3 Å². The Balaban J connectivity index is 1.83. The molecule has 0 bridgehead atoms. The molecule has 1 aliphatic rings. The van der Waals surface area contributed by atoms with E-state index in [2.05, 4.69) is 5.32 Å². The summed E-state index contributed by atoms with van der Waals surface area (Å²) in [5.74, 6) is 1.64. The first-order chi connectivity index (χ1) is 9.63. The molecule has 20 heavy (non-hydrogen) atoms. The Morgan fingerprint density at radius 1 is 1.45 bits per heavy atom. The van der Waals surface area contributed by atoms with Crippen LogP contribution in [0.15, 0.2) is 30.3 Å². The summed E-state index contributed by atoms with van der Waals surface area (Å²) in [5.41, 5.74) is 0.324. The molecule has 1 aromatic carbocycles. The van der Waals surface area contributed by atoms with Gasteiger partial charge in [-0.15, -0.1) is 0 Å². The zero-order chi connectivity index (χ0) is 14.4. The van der Waals surface area contributed by atoms with Crippen molar-refractivity contribution in [1.29, 1.82) is 0 Å². The summed E-state index contributed by atoms with van der Waals surface area (Å²) in [6.45, 7) is 3.48. The molecule has 0 spiro atoms. The molecule has 0 saturated carbocycles. The number of carbonyl (C=O) groups is 1. The molecule has 1 heterocycles. The molecule has 2 N–H and O–H groups in total. The van der Waals surface area contributed by atoms with Crippen LogP contribution in [-0.4, -0.2) is 47.8 Å². The Hall–Kier alpha value is -1.20. The van der Waals surface area contributed by atoms with Crippen LogP contribution in [0, 0.1) is 0 Å². The number of para-hydroxylation sites is 1. The minimum absolute atomic E-state index is 0.0407. The molecule has 5 heteroatoms. The van der Waals surface area contributed by atoms with Gasteiger partial charge in [-0.05, 0) is 31.2 Å². The van der Waals surface area contributed by atoms with Gasteiger partial charge in [-0.1, -0.05) is 18.2 Å². The molecule has 1 amide bonds. The highest BCUT2D eigenvalue weighted by atomic mass is 32.2. The highest BCUT2D eigenvalue weighted by Crippen LogP contribution is 2.26. The summed E-state index contributed by atoms with van der Waals surface area (Å²) in [6, 6.07) is 9.89. The number of carbonyl (C=O) groups excluding carboxylic acids is 1. The smallest absolute Gasteiger partial charge is 0.239 e. The first-order valence-corrected chi connectivity index (χ1v) is 8.15. The maximum absolute atomic E-state index is 12.0. The topological polar surface area (TPSA) is 52.6 Å². The summed E-state index contributed by atoms with van der Waals surface area (Å²) in [5, 5.41) is 13.1. The number of thioether (sulfide) groups is 1. The number of hydrogen-bond donors (Lipinski definition) is 2. The lowest BCUT2D eigenvalue weighted by atomic mass is 10.0. The van der Waals surface area contributed by atoms with Crippen LogP contribution in [-0.2, 0) is 4.79 Å². The van der Waals surface area contributed by atoms with Gasteiger partial charge in [-0.2, -0.15) is 11.8 Å². The van der Waals surface area contributed by atoms with Crippen molar-refractivity contribution in [3.8, 4) is 0 Å². The number of likely N-dealkylation sites (N-methyl/N-ethyl adjacent to an activating group) is 1. The zero-order valence-electron chi connectivity index (χ0n) is 11.8. The second-order valence-electron chi connectivity index (χ2n) is 5.15. The SMILES string of the molecule is CCN(CC(=O)NCC1(O)CCSC1)c1ccccc1. The van der Waals surface area contributed by atoms with Crippen molar-refractivity contribution in [2.75, 3.05) is 36.0 Å². The lowest BCUT2D eigenvalue weighted by Crippen LogP contribution is -2.46. The summed E-state index contributed by atoms with van der Waals surface area (Å²) in [6.07, 6.45) is 0.758. The van der Waals surface area contributed by atoms with Crippen LogP contribution in [0.3, 0.4) is 0 Å². The number of hydrogen-bond acceptors (Lipinski definition) is 4. The minimum atomic E-state index is -0.718. The van der Waals surface area contributed by atoms with Crippen LogP contribution in [0.25, 0.3) is 0 Å². The normalized spacial score (nSPS) is 21.7. The maximum Gasteiger partial charge on any atom is 0.239 e. The van der Waals surface area contributed by atoms with E-state index >= 15 is 0 Å². The summed E-state index contributed by atoms with van der Waals surface area (Å²) < 4.78 is 0. The fraction of sp³-hybridized carbons (Fsp3) is 0.533.